The average Bonchev–Trinajstić information content (AvgIpc) is 2.83. The van der Waals surface area contributed by atoms with Crippen molar-refractivity contribution in [2.75, 3.05) is 13.2 Å². The Labute approximate surface area is 204 Å². The first kappa shape index (κ1) is 27.4. The number of esters is 1. The molecule has 0 radical (unpaired) electrons. The normalized spacial score (nSPS) is 15.2. The van der Waals surface area contributed by atoms with Crippen LogP contribution in [0.2, 0.25) is 0 Å². The van der Waals surface area contributed by atoms with Crippen LogP contribution in [0.25, 0.3) is 0 Å². The molecule has 0 fully saturated rings. The topological polar surface area (TPSA) is 89.7 Å². The Morgan fingerprint density at radius 3 is 2.29 bits per heavy atom. The first-order valence-electron chi connectivity index (χ1n) is 12.7. The third kappa shape index (κ3) is 9.16. The second-order valence-electron chi connectivity index (χ2n) is 8.89. The summed E-state index contributed by atoms with van der Waals surface area (Å²) in [6.07, 6.45) is 17.1. The van der Waals surface area contributed by atoms with Gasteiger partial charge in [-0.3, -0.25) is 14.4 Å². The maximum absolute atomic E-state index is 13.2. The number of primary amides is 1. The Balaban J connectivity index is 1.90. The number of allylic oxidation sites excluding steroid dienone is 1. The summed E-state index contributed by atoms with van der Waals surface area (Å²) in [5, 5.41) is 0. The molecule has 0 saturated carbocycles. The van der Waals surface area contributed by atoms with Gasteiger partial charge in [-0.05, 0) is 31.4 Å². The third-order valence-corrected chi connectivity index (χ3v) is 6.07. The standard InChI is InChI=1S/C28H40N2O4/c1-3-5-6-7-8-9-10-11-12-14-22-15-13-16-23(19-22)27(32)24-17-18-30(20-25(24)28(29)33)21-26(31)34-4-2/h13,15-20,24H,3-12,14,21H2,1-2H3,(H2,29,33). The molecule has 34 heavy (non-hydrogen) atoms. The van der Waals surface area contributed by atoms with Crippen LogP contribution in [-0.4, -0.2) is 35.7 Å². The predicted molar refractivity (Wildman–Crippen MR) is 135 cm³/mol. The first-order chi connectivity index (χ1) is 16.5. The minimum absolute atomic E-state index is 0.0454. The summed E-state index contributed by atoms with van der Waals surface area (Å²) in [6.45, 7) is 4.20. The van der Waals surface area contributed by atoms with Crippen LogP contribution in [0.3, 0.4) is 0 Å². The molecule has 186 valence electrons. The second kappa shape index (κ2) is 15.1. The van der Waals surface area contributed by atoms with E-state index in [1.165, 1.54) is 62.5 Å². The minimum atomic E-state index is -0.765. The molecular formula is C28H40N2O4. The van der Waals surface area contributed by atoms with Gasteiger partial charge in [-0.1, -0.05) is 82.6 Å². The van der Waals surface area contributed by atoms with Crippen molar-refractivity contribution in [2.45, 2.75) is 78.1 Å². The summed E-state index contributed by atoms with van der Waals surface area (Å²) in [4.78, 5) is 38.5. The van der Waals surface area contributed by atoms with Gasteiger partial charge < -0.3 is 15.4 Å². The van der Waals surface area contributed by atoms with Crippen molar-refractivity contribution in [3.63, 3.8) is 0 Å². The highest BCUT2D eigenvalue weighted by molar-refractivity contribution is 6.07. The molecule has 0 aromatic heterocycles. The van der Waals surface area contributed by atoms with Crippen LogP contribution in [0, 0.1) is 5.92 Å². The van der Waals surface area contributed by atoms with Gasteiger partial charge in [0.25, 0.3) is 0 Å². The fraction of sp³-hybridized carbons (Fsp3) is 0.536. The molecule has 6 nitrogen and oxygen atoms in total. The molecular weight excluding hydrogens is 428 g/mol. The van der Waals surface area contributed by atoms with Gasteiger partial charge in [-0.25, -0.2) is 0 Å². The number of amides is 1. The molecule has 1 aliphatic heterocycles. The van der Waals surface area contributed by atoms with Crippen molar-refractivity contribution in [1.29, 1.82) is 0 Å². The monoisotopic (exact) mass is 468 g/mol. The molecule has 0 aliphatic carbocycles. The minimum Gasteiger partial charge on any atom is -0.465 e. The van der Waals surface area contributed by atoms with Crippen molar-refractivity contribution in [3.8, 4) is 0 Å². The number of rotatable bonds is 16. The Morgan fingerprint density at radius 2 is 1.65 bits per heavy atom. The van der Waals surface area contributed by atoms with E-state index in [2.05, 4.69) is 6.92 Å². The van der Waals surface area contributed by atoms with Crippen LogP contribution in [-0.2, 0) is 20.7 Å². The fourth-order valence-corrected chi connectivity index (χ4v) is 4.20. The van der Waals surface area contributed by atoms with Gasteiger partial charge in [0, 0.05) is 23.5 Å². The number of ether oxygens (including phenoxy) is 1. The predicted octanol–water partition coefficient (Wildman–Crippen LogP) is 5.32. The molecule has 1 aromatic carbocycles. The van der Waals surface area contributed by atoms with E-state index < -0.39 is 17.8 Å². The number of Topliss-reactive ketones (excluding diaryl/α,β-unsaturated/α-hetero) is 1. The van der Waals surface area contributed by atoms with Gasteiger partial charge in [-0.15, -0.1) is 0 Å². The average molecular weight is 469 g/mol. The first-order valence-corrected chi connectivity index (χ1v) is 12.7. The van der Waals surface area contributed by atoms with E-state index in [4.69, 9.17) is 10.5 Å². The van der Waals surface area contributed by atoms with E-state index in [1.807, 2.05) is 18.2 Å². The number of aryl methyl sites for hydroxylation is 1. The summed E-state index contributed by atoms with van der Waals surface area (Å²) in [7, 11) is 0. The summed E-state index contributed by atoms with van der Waals surface area (Å²) in [6, 6.07) is 7.64. The summed E-state index contributed by atoms with van der Waals surface area (Å²) >= 11 is 0. The number of nitrogens with zero attached hydrogens (tertiary/aromatic N) is 1. The highest BCUT2D eigenvalue weighted by atomic mass is 16.5. The lowest BCUT2D eigenvalue weighted by molar-refractivity contribution is -0.143. The van der Waals surface area contributed by atoms with Crippen LogP contribution in [0.5, 0.6) is 0 Å². The summed E-state index contributed by atoms with van der Waals surface area (Å²) in [5.74, 6) is -2.03. The molecule has 1 atom stereocenters. The van der Waals surface area contributed by atoms with Gasteiger partial charge in [0.05, 0.1) is 12.5 Å². The molecule has 1 unspecified atom stereocenters. The van der Waals surface area contributed by atoms with E-state index in [-0.39, 0.29) is 24.5 Å². The van der Waals surface area contributed by atoms with Crippen LogP contribution in [0.1, 0.15) is 87.6 Å². The number of hydrogen-bond donors (Lipinski definition) is 1. The summed E-state index contributed by atoms with van der Waals surface area (Å²) in [5.41, 5.74) is 7.42. The zero-order chi connectivity index (χ0) is 24.8. The molecule has 1 heterocycles. The van der Waals surface area contributed by atoms with E-state index >= 15 is 0 Å². The lowest BCUT2D eigenvalue weighted by atomic mass is 9.88. The molecule has 1 amide bonds. The maximum Gasteiger partial charge on any atom is 0.325 e. The maximum atomic E-state index is 13.2. The number of nitrogens with two attached hydrogens (primary N) is 1. The highest BCUT2D eigenvalue weighted by Crippen LogP contribution is 2.24. The molecule has 0 spiro atoms. The van der Waals surface area contributed by atoms with E-state index in [9.17, 15) is 14.4 Å². The van der Waals surface area contributed by atoms with Crippen molar-refractivity contribution >= 4 is 17.7 Å². The van der Waals surface area contributed by atoms with Gasteiger partial charge in [0.15, 0.2) is 5.78 Å². The number of unbranched alkanes of at least 4 members (excludes halogenated alkanes) is 8. The van der Waals surface area contributed by atoms with E-state index in [0.29, 0.717) is 5.56 Å². The lowest BCUT2D eigenvalue weighted by Gasteiger charge is -2.24. The van der Waals surface area contributed by atoms with Crippen molar-refractivity contribution in [3.05, 3.63) is 59.4 Å². The molecule has 0 bridgehead atoms. The molecule has 1 aromatic rings. The van der Waals surface area contributed by atoms with Crippen molar-refractivity contribution < 1.29 is 19.1 Å². The van der Waals surface area contributed by atoms with Gasteiger partial charge in [0.1, 0.15) is 6.54 Å². The van der Waals surface area contributed by atoms with Crippen molar-refractivity contribution in [1.82, 2.24) is 4.90 Å². The Morgan fingerprint density at radius 1 is 0.971 bits per heavy atom. The Hall–Kier alpha value is -2.89. The lowest BCUT2D eigenvalue weighted by Crippen LogP contribution is -2.32. The molecule has 2 N–H and O–H groups in total. The number of carbonyl (C=O) groups is 3. The fourth-order valence-electron chi connectivity index (χ4n) is 4.20. The quantitative estimate of drug-likeness (QED) is 0.201. The molecule has 6 heteroatoms. The van der Waals surface area contributed by atoms with Crippen LogP contribution in [0.15, 0.2) is 48.3 Å². The largest absolute Gasteiger partial charge is 0.465 e. The van der Waals surface area contributed by atoms with Crippen LogP contribution in [0.4, 0.5) is 0 Å². The van der Waals surface area contributed by atoms with E-state index in [0.717, 1.165) is 18.4 Å². The molecule has 0 saturated heterocycles. The van der Waals surface area contributed by atoms with E-state index in [1.54, 1.807) is 25.3 Å². The number of hydrogen-bond acceptors (Lipinski definition) is 5. The Bertz CT molecular complexity index is 875. The van der Waals surface area contributed by atoms with Crippen LogP contribution >= 0.6 is 0 Å². The third-order valence-electron chi connectivity index (χ3n) is 6.07. The van der Waals surface area contributed by atoms with Gasteiger partial charge >= 0.3 is 5.97 Å². The number of benzene rings is 1. The smallest absolute Gasteiger partial charge is 0.325 e. The van der Waals surface area contributed by atoms with Crippen LogP contribution < -0.4 is 5.73 Å². The molecule has 2 rings (SSSR count). The number of ketones is 1. The van der Waals surface area contributed by atoms with Gasteiger partial charge in [-0.2, -0.15) is 0 Å². The molecule has 1 aliphatic rings. The SMILES string of the molecule is CCCCCCCCCCCc1cccc(C(=O)C2C=CN(CC(=O)OCC)C=C2C(N)=O)c1. The van der Waals surface area contributed by atoms with Crippen molar-refractivity contribution in [2.24, 2.45) is 11.7 Å². The zero-order valence-electron chi connectivity index (χ0n) is 20.8. The Kier molecular flexibility index (Phi) is 12.1. The highest BCUT2D eigenvalue weighted by Gasteiger charge is 2.29. The summed E-state index contributed by atoms with van der Waals surface area (Å²) < 4.78 is 4.94. The number of carbonyl (C=O) groups excluding carboxylic acids is 3. The van der Waals surface area contributed by atoms with Gasteiger partial charge in [0.2, 0.25) is 5.91 Å². The second-order valence-corrected chi connectivity index (χ2v) is 8.89. The zero-order valence-corrected chi connectivity index (χ0v) is 20.8.